The van der Waals surface area contributed by atoms with Crippen LogP contribution in [0.5, 0.6) is 0 Å². The molecule has 1 heterocycles. The molecule has 1 aromatic rings. The van der Waals surface area contributed by atoms with Crippen LogP contribution in [0.15, 0.2) is 24.3 Å². The lowest BCUT2D eigenvalue weighted by Gasteiger charge is -2.39. The first-order chi connectivity index (χ1) is 14.2. The van der Waals surface area contributed by atoms with Crippen LogP contribution in [0.3, 0.4) is 0 Å². The van der Waals surface area contributed by atoms with Crippen LogP contribution in [0, 0.1) is 0 Å². The summed E-state index contributed by atoms with van der Waals surface area (Å²) in [6.45, 7) is 3.52. The third kappa shape index (κ3) is 8.62. The Morgan fingerprint density at radius 2 is 1.67 bits per heavy atom. The molecule has 1 fully saturated rings. The van der Waals surface area contributed by atoms with Crippen LogP contribution in [0.1, 0.15) is 70.3 Å². The van der Waals surface area contributed by atoms with Gasteiger partial charge in [0.05, 0.1) is 6.42 Å². The zero-order valence-electron chi connectivity index (χ0n) is 18.3. The lowest BCUT2D eigenvalue weighted by molar-refractivity contribution is -0.139. The molecule has 0 unspecified atom stereocenters. The highest BCUT2D eigenvalue weighted by atomic mass is 32.2. The minimum Gasteiger partial charge on any atom is -0.481 e. The number of anilines is 1. The number of nitrogens with zero attached hydrogens (tertiary/aromatic N) is 1. The van der Waals surface area contributed by atoms with Crippen LogP contribution in [-0.4, -0.2) is 50.1 Å². The Morgan fingerprint density at radius 1 is 1.07 bits per heavy atom. The van der Waals surface area contributed by atoms with E-state index < -0.39 is 21.7 Å². The Morgan fingerprint density at radius 3 is 2.27 bits per heavy atom. The lowest BCUT2D eigenvalue weighted by atomic mass is 9.86. The second-order valence-corrected chi connectivity index (χ2v) is 9.99. The van der Waals surface area contributed by atoms with Crippen molar-refractivity contribution in [1.82, 2.24) is 9.62 Å². The van der Waals surface area contributed by atoms with Gasteiger partial charge in [0.15, 0.2) is 0 Å². The summed E-state index contributed by atoms with van der Waals surface area (Å²) >= 11 is 0. The maximum Gasteiger partial charge on any atom is 0.305 e. The van der Waals surface area contributed by atoms with Crippen molar-refractivity contribution in [3.8, 4) is 0 Å². The fourth-order valence-corrected chi connectivity index (χ4v) is 5.31. The quantitative estimate of drug-likeness (QED) is 0.406. The number of aryl methyl sites for hydroxylation is 1. The zero-order valence-corrected chi connectivity index (χ0v) is 19.1. The van der Waals surface area contributed by atoms with Gasteiger partial charge >= 0.3 is 5.97 Å². The molecule has 0 bridgehead atoms. The number of piperidine rings is 1. The number of hydrogen-bond donors (Lipinski definition) is 3. The van der Waals surface area contributed by atoms with Crippen LogP contribution in [0.2, 0.25) is 0 Å². The summed E-state index contributed by atoms with van der Waals surface area (Å²) in [6.07, 6.45) is 9.18. The predicted octanol–water partition coefficient (Wildman–Crippen LogP) is 3.78. The molecule has 8 heteroatoms. The van der Waals surface area contributed by atoms with Gasteiger partial charge in [-0.25, -0.2) is 0 Å². The number of aliphatic carboxylic acids is 1. The van der Waals surface area contributed by atoms with Gasteiger partial charge in [0.2, 0.25) is 0 Å². The highest BCUT2D eigenvalue weighted by Crippen LogP contribution is 2.27. The molecule has 1 aliphatic rings. The fourth-order valence-electron chi connectivity index (χ4n) is 3.97. The molecule has 3 N–H and O–H groups in total. The number of carboxylic acids is 1. The highest BCUT2D eigenvalue weighted by molar-refractivity contribution is 7.90. The summed E-state index contributed by atoms with van der Waals surface area (Å²) in [5.74, 6) is -0.999. The Hall–Kier alpha value is -1.64. The number of likely N-dealkylation sites (tertiary alicyclic amines) is 1. The second-order valence-electron chi connectivity index (χ2n) is 8.58. The van der Waals surface area contributed by atoms with Crippen LogP contribution >= 0.6 is 0 Å². The van der Waals surface area contributed by atoms with Gasteiger partial charge in [-0.1, -0.05) is 51.2 Å². The molecule has 1 aromatic carbocycles. The molecule has 0 aliphatic carbocycles. The highest BCUT2D eigenvalue weighted by Gasteiger charge is 2.39. The molecule has 0 spiro atoms. The van der Waals surface area contributed by atoms with E-state index in [1.165, 1.54) is 37.7 Å². The van der Waals surface area contributed by atoms with E-state index in [-0.39, 0.29) is 6.42 Å². The van der Waals surface area contributed by atoms with Crippen LogP contribution in [-0.2, 0) is 21.4 Å². The maximum atomic E-state index is 12.7. The first-order valence-electron chi connectivity index (χ1n) is 11.0. The van der Waals surface area contributed by atoms with E-state index in [0.717, 1.165) is 12.8 Å². The van der Waals surface area contributed by atoms with E-state index in [1.54, 1.807) is 12.1 Å². The monoisotopic (exact) mass is 439 g/mol. The van der Waals surface area contributed by atoms with E-state index in [4.69, 9.17) is 0 Å². The number of carbonyl (C=O) groups is 1. The largest absolute Gasteiger partial charge is 0.481 e. The average molecular weight is 440 g/mol. The summed E-state index contributed by atoms with van der Waals surface area (Å²) in [5.41, 5.74) is 0.716. The van der Waals surface area contributed by atoms with E-state index >= 15 is 0 Å². The van der Waals surface area contributed by atoms with Gasteiger partial charge in [0.25, 0.3) is 10.2 Å². The van der Waals surface area contributed by atoms with Crippen LogP contribution < -0.4 is 9.44 Å². The van der Waals surface area contributed by atoms with Crippen molar-refractivity contribution in [3.05, 3.63) is 29.8 Å². The van der Waals surface area contributed by atoms with E-state index in [1.807, 2.05) is 19.2 Å². The molecule has 2 rings (SSSR count). The summed E-state index contributed by atoms with van der Waals surface area (Å²) < 4.78 is 30.6. The molecular weight excluding hydrogens is 402 g/mol. The minimum atomic E-state index is -3.88. The number of benzene rings is 1. The van der Waals surface area contributed by atoms with Gasteiger partial charge in [-0.2, -0.15) is 13.1 Å². The molecule has 0 atom stereocenters. The molecule has 7 nitrogen and oxygen atoms in total. The molecular formula is C22H37N3O4S. The van der Waals surface area contributed by atoms with Gasteiger partial charge in [-0.05, 0) is 63.5 Å². The summed E-state index contributed by atoms with van der Waals surface area (Å²) in [4.78, 5) is 13.4. The van der Waals surface area contributed by atoms with E-state index in [2.05, 4.69) is 21.3 Å². The molecule has 0 amide bonds. The minimum absolute atomic E-state index is 0.223. The number of carboxylic acid groups (broad SMARTS) is 1. The van der Waals surface area contributed by atoms with Gasteiger partial charge in [-0.15, -0.1) is 0 Å². The van der Waals surface area contributed by atoms with Crippen molar-refractivity contribution >= 4 is 21.9 Å². The van der Waals surface area contributed by atoms with Gasteiger partial charge < -0.3 is 10.0 Å². The van der Waals surface area contributed by atoms with Crippen LogP contribution in [0.25, 0.3) is 0 Å². The third-order valence-corrected chi connectivity index (χ3v) is 7.02. The first-order valence-corrected chi connectivity index (χ1v) is 12.5. The maximum absolute atomic E-state index is 12.7. The molecule has 30 heavy (non-hydrogen) atoms. The lowest BCUT2D eigenvalue weighted by Crippen LogP contribution is -2.56. The Balaban J connectivity index is 1.90. The second kappa shape index (κ2) is 11.7. The van der Waals surface area contributed by atoms with Crippen molar-refractivity contribution in [1.29, 1.82) is 0 Å². The summed E-state index contributed by atoms with van der Waals surface area (Å²) in [5, 5.41) is 9.28. The van der Waals surface area contributed by atoms with Crippen molar-refractivity contribution in [2.45, 2.75) is 76.7 Å². The van der Waals surface area contributed by atoms with Gasteiger partial charge in [-0.3, -0.25) is 9.52 Å². The van der Waals surface area contributed by atoms with Gasteiger partial charge in [0.1, 0.15) is 0 Å². The molecule has 1 aliphatic heterocycles. The van der Waals surface area contributed by atoms with Crippen molar-refractivity contribution in [2.24, 2.45) is 0 Å². The first kappa shape index (κ1) is 24.6. The smallest absolute Gasteiger partial charge is 0.305 e. The number of rotatable bonds is 13. The fraction of sp³-hybridized carbons (Fsp3) is 0.682. The zero-order chi connectivity index (χ0) is 22.0. The van der Waals surface area contributed by atoms with E-state index in [9.17, 15) is 18.3 Å². The standard InChI is InChI=1S/C22H37N3O4S/c1-3-4-5-6-7-8-9-19-10-12-20(13-11-19)23-30(28,29)24-22(18-21(26)27)14-16-25(2)17-15-22/h10-13,23-24H,3-9,14-18H2,1-2H3,(H,26,27). The van der Waals surface area contributed by atoms with Crippen molar-refractivity contribution < 1.29 is 18.3 Å². The summed E-state index contributed by atoms with van der Waals surface area (Å²) in [6, 6.07) is 7.44. The molecule has 1 saturated heterocycles. The number of hydrogen-bond acceptors (Lipinski definition) is 4. The van der Waals surface area contributed by atoms with Gasteiger partial charge in [0, 0.05) is 11.2 Å². The normalized spacial score (nSPS) is 17.0. The molecule has 170 valence electrons. The molecule has 0 saturated carbocycles. The van der Waals surface area contributed by atoms with Crippen molar-refractivity contribution in [2.75, 3.05) is 24.9 Å². The number of nitrogens with one attached hydrogen (secondary N) is 2. The third-order valence-electron chi connectivity index (χ3n) is 5.81. The average Bonchev–Trinajstić information content (AvgIpc) is 2.67. The van der Waals surface area contributed by atoms with Crippen molar-refractivity contribution in [3.63, 3.8) is 0 Å². The SMILES string of the molecule is CCCCCCCCc1ccc(NS(=O)(=O)NC2(CC(=O)O)CCN(C)CC2)cc1. The molecule has 0 radical (unpaired) electrons. The topological polar surface area (TPSA) is 98.7 Å². The molecule has 0 aromatic heterocycles. The predicted molar refractivity (Wildman–Crippen MR) is 121 cm³/mol. The van der Waals surface area contributed by atoms with E-state index in [0.29, 0.717) is 31.6 Å². The number of unbranched alkanes of at least 4 members (excludes halogenated alkanes) is 5. The Kier molecular flexibility index (Phi) is 9.58. The van der Waals surface area contributed by atoms with Crippen LogP contribution in [0.4, 0.5) is 5.69 Å². The Labute approximate surface area is 181 Å². The Bertz CT molecular complexity index is 757. The summed E-state index contributed by atoms with van der Waals surface area (Å²) in [7, 11) is -1.93.